The van der Waals surface area contributed by atoms with Crippen molar-refractivity contribution in [3.63, 3.8) is 0 Å². The van der Waals surface area contributed by atoms with Gasteiger partial charge in [0.05, 0.1) is 18.4 Å². The zero-order chi connectivity index (χ0) is 15.1. The fourth-order valence-electron chi connectivity index (χ4n) is 1.67. The maximum atomic E-state index is 11.7. The molecule has 2 rings (SSSR count). The number of aromatic nitrogens is 3. The van der Waals surface area contributed by atoms with Crippen LogP contribution in [0, 0.1) is 0 Å². The number of para-hydroxylation sites is 1. The van der Waals surface area contributed by atoms with E-state index in [1.165, 1.54) is 11.8 Å². The Bertz CT molecular complexity index is 627. The molecule has 0 saturated heterocycles. The minimum atomic E-state index is -0.146. The monoisotopic (exact) mass is 304 g/mol. The van der Waals surface area contributed by atoms with E-state index in [2.05, 4.69) is 27.1 Å². The second kappa shape index (κ2) is 7.49. The van der Waals surface area contributed by atoms with Crippen LogP contribution in [-0.2, 0) is 4.79 Å². The van der Waals surface area contributed by atoms with Gasteiger partial charge in [-0.1, -0.05) is 18.2 Å². The van der Waals surface area contributed by atoms with E-state index in [0.717, 1.165) is 11.3 Å². The molecule has 1 aromatic carbocycles. The van der Waals surface area contributed by atoms with Crippen molar-refractivity contribution < 1.29 is 9.53 Å². The zero-order valence-corrected chi connectivity index (χ0v) is 12.4. The van der Waals surface area contributed by atoms with Crippen LogP contribution in [0.1, 0.15) is 0 Å². The van der Waals surface area contributed by atoms with Crippen LogP contribution in [0.3, 0.4) is 0 Å². The quantitative estimate of drug-likeness (QED) is 0.606. The van der Waals surface area contributed by atoms with E-state index in [4.69, 9.17) is 4.74 Å². The minimum absolute atomic E-state index is 0.146. The lowest BCUT2D eigenvalue weighted by atomic mass is 10.2. The molecule has 110 valence electrons. The molecule has 0 bridgehead atoms. The van der Waals surface area contributed by atoms with Gasteiger partial charge in [-0.15, -0.1) is 23.4 Å². The highest BCUT2D eigenvalue weighted by molar-refractivity contribution is 8.00. The van der Waals surface area contributed by atoms with Crippen LogP contribution in [0.25, 0.3) is 11.4 Å². The van der Waals surface area contributed by atoms with E-state index in [-0.39, 0.29) is 11.9 Å². The third-order valence-corrected chi connectivity index (χ3v) is 3.51. The Kier molecular flexibility index (Phi) is 5.39. The molecule has 2 N–H and O–H groups in total. The Balaban J connectivity index is 2.04. The Morgan fingerprint density at radius 3 is 3.10 bits per heavy atom. The van der Waals surface area contributed by atoms with Crippen molar-refractivity contribution in [2.24, 2.45) is 0 Å². The maximum Gasteiger partial charge on any atom is 0.249 e. The first kappa shape index (κ1) is 15.1. The maximum absolute atomic E-state index is 11.7. The van der Waals surface area contributed by atoms with Crippen molar-refractivity contribution >= 4 is 23.6 Å². The third kappa shape index (κ3) is 4.09. The number of benzene rings is 1. The van der Waals surface area contributed by atoms with Crippen molar-refractivity contribution in [2.45, 2.75) is 0 Å². The molecule has 0 unspecified atom stereocenters. The molecule has 2 aromatic rings. The molecular formula is C14H16N4O2S. The van der Waals surface area contributed by atoms with Gasteiger partial charge in [-0.3, -0.25) is 15.2 Å². The Morgan fingerprint density at radius 2 is 2.33 bits per heavy atom. The summed E-state index contributed by atoms with van der Waals surface area (Å²) in [6.07, 6.45) is 1.75. The number of carbonyl (C=O) groups excluding carboxylic acids is 1. The zero-order valence-electron chi connectivity index (χ0n) is 11.6. The van der Waals surface area contributed by atoms with E-state index < -0.39 is 0 Å². The SMILES string of the molecule is C=CCSCC(=O)Nc1n[nH]c(-c2ccccc2OC)n1. The predicted molar refractivity (Wildman–Crippen MR) is 84.5 cm³/mol. The summed E-state index contributed by atoms with van der Waals surface area (Å²) < 4.78 is 5.27. The summed E-state index contributed by atoms with van der Waals surface area (Å²) >= 11 is 1.47. The van der Waals surface area contributed by atoms with Crippen molar-refractivity contribution in [2.75, 3.05) is 23.9 Å². The molecule has 7 heteroatoms. The molecule has 0 saturated carbocycles. The number of ether oxygens (including phenoxy) is 1. The number of carbonyl (C=O) groups is 1. The topological polar surface area (TPSA) is 79.9 Å². The molecule has 0 aliphatic rings. The molecular weight excluding hydrogens is 288 g/mol. The van der Waals surface area contributed by atoms with Gasteiger partial charge in [0, 0.05) is 5.75 Å². The van der Waals surface area contributed by atoms with Crippen LogP contribution < -0.4 is 10.1 Å². The lowest BCUT2D eigenvalue weighted by Gasteiger charge is -2.04. The predicted octanol–water partition coefficient (Wildman–Crippen LogP) is 2.34. The van der Waals surface area contributed by atoms with Crippen LogP contribution in [0.15, 0.2) is 36.9 Å². The number of methoxy groups -OCH3 is 1. The number of anilines is 1. The van der Waals surface area contributed by atoms with Gasteiger partial charge in [-0.2, -0.15) is 4.98 Å². The van der Waals surface area contributed by atoms with Gasteiger partial charge in [0.25, 0.3) is 0 Å². The molecule has 0 spiro atoms. The number of hydrogen-bond acceptors (Lipinski definition) is 5. The first-order valence-electron chi connectivity index (χ1n) is 6.29. The van der Waals surface area contributed by atoms with E-state index in [0.29, 0.717) is 17.3 Å². The van der Waals surface area contributed by atoms with Gasteiger partial charge in [0.15, 0.2) is 5.82 Å². The van der Waals surface area contributed by atoms with Crippen LogP contribution >= 0.6 is 11.8 Å². The van der Waals surface area contributed by atoms with Crippen molar-refractivity contribution in [1.29, 1.82) is 0 Å². The molecule has 0 aliphatic heterocycles. The average molecular weight is 304 g/mol. The van der Waals surface area contributed by atoms with Crippen molar-refractivity contribution in [3.8, 4) is 17.1 Å². The second-order valence-corrected chi connectivity index (χ2v) is 5.09. The van der Waals surface area contributed by atoms with E-state index >= 15 is 0 Å². The fraction of sp³-hybridized carbons (Fsp3) is 0.214. The molecule has 1 amide bonds. The molecule has 21 heavy (non-hydrogen) atoms. The van der Waals surface area contributed by atoms with Gasteiger partial charge >= 0.3 is 0 Å². The summed E-state index contributed by atoms with van der Waals surface area (Å²) in [7, 11) is 1.59. The Morgan fingerprint density at radius 1 is 1.52 bits per heavy atom. The van der Waals surface area contributed by atoms with E-state index in [1.54, 1.807) is 13.2 Å². The summed E-state index contributed by atoms with van der Waals surface area (Å²) in [5, 5.41) is 9.41. The van der Waals surface area contributed by atoms with Crippen LogP contribution in [0.4, 0.5) is 5.95 Å². The highest BCUT2D eigenvalue weighted by Gasteiger charge is 2.11. The Labute approximate surface area is 127 Å². The molecule has 0 radical (unpaired) electrons. The molecule has 1 heterocycles. The summed E-state index contributed by atoms with van der Waals surface area (Å²) in [4.78, 5) is 15.9. The highest BCUT2D eigenvalue weighted by Crippen LogP contribution is 2.26. The number of H-pyrrole nitrogens is 1. The highest BCUT2D eigenvalue weighted by atomic mass is 32.2. The number of nitrogens with zero attached hydrogens (tertiary/aromatic N) is 2. The molecule has 0 fully saturated rings. The van der Waals surface area contributed by atoms with Gasteiger partial charge in [0.2, 0.25) is 11.9 Å². The molecule has 1 aromatic heterocycles. The average Bonchev–Trinajstić information content (AvgIpc) is 2.95. The van der Waals surface area contributed by atoms with Gasteiger partial charge in [0.1, 0.15) is 5.75 Å². The van der Waals surface area contributed by atoms with Crippen LogP contribution in [0.5, 0.6) is 5.75 Å². The van der Waals surface area contributed by atoms with E-state index in [9.17, 15) is 4.79 Å². The van der Waals surface area contributed by atoms with Crippen LogP contribution in [-0.4, -0.2) is 39.7 Å². The second-order valence-electron chi connectivity index (χ2n) is 4.06. The van der Waals surface area contributed by atoms with Crippen LogP contribution in [0.2, 0.25) is 0 Å². The number of aromatic amines is 1. The Hall–Kier alpha value is -2.28. The van der Waals surface area contributed by atoms with Gasteiger partial charge < -0.3 is 4.74 Å². The lowest BCUT2D eigenvalue weighted by Crippen LogP contribution is -2.15. The largest absolute Gasteiger partial charge is 0.496 e. The molecule has 0 atom stereocenters. The molecule has 0 aliphatic carbocycles. The summed E-state index contributed by atoms with van der Waals surface area (Å²) in [6.45, 7) is 3.60. The minimum Gasteiger partial charge on any atom is -0.496 e. The van der Waals surface area contributed by atoms with Gasteiger partial charge in [-0.05, 0) is 12.1 Å². The third-order valence-electron chi connectivity index (χ3n) is 2.57. The van der Waals surface area contributed by atoms with E-state index in [1.807, 2.05) is 24.3 Å². The standard InChI is InChI=1S/C14H16N4O2S/c1-3-8-21-9-12(19)15-14-16-13(17-18-14)10-6-4-5-7-11(10)20-2/h3-7H,1,8-9H2,2H3,(H2,15,16,17,18,19). The molecule has 6 nitrogen and oxygen atoms in total. The smallest absolute Gasteiger partial charge is 0.249 e. The van der Waals surface area contributed by atoms with Crippen molar-refractivity contribution in [1.82, 2.24) is 15.2 Å². The lowest BCUT2D eigenvalue weighted by molar-refractivity contribution is -0.113. The first-order valence-corrected chi connectivity index (χ1v) is 7.44. The van der Waals surface area contributed by atoms with Crippen molar-refractivity contribution in [3.05, 3.63) is 36.9 Å². The number of nitrogens with one attached hydrogen (secondary N) is 2. The number of rotatable bonds is 7. The normalized spacial score (nSPS) is 10.1. The number of thioether (sulfide) groups is 1. The summed E-state index contributed by atoms with van der Waals surface area (Å²) in [6, 6.07) is 7.45. The summed E-state index contributed by atoms with van der Waals surface area (Å²) in [5.41, 5.74) is 0.786. The number of hydrogen-bond donors (Lipinski definition) is 2. The fourth-order valence-corrected chi connectivity index (χ4v) is 2.22. The first-order chi connectivity index (χ1) is 10.2. The van der Waals surface area contributed by atoms with Gasteiger partial charge in [-0.25, -0.2) is 0 Å². The summed E-state index contributed by atoms with van der Waals surface area (Å²) in [5.74, 6) is 2.40. The number of amides is 1.